The van der Waals surface area contributed by atoms with E-state index in [2.05, 4.69) is 32.3 Å². The van der Waals surface area contributed by atoms with Crippen molar-refractivity contribution in [2.75, 3.05) is 46.3 Å². The number of rotatable bonds is 5. The highest BCUT2D eigenvalue weighted by atomic mass is 16.2. The molecule has 1 amide bonds. The van der Waals surface area contributed by atoms with Crippen molar-refractivity contribution in [1.29, 1.82) is 0 Å². The average molecular weight is 335 g/mol. The Kier molecular flexibility index (Phi) is 5.64. The van der Waals surface area contributed by atoms with Crippen LogP contribution >= 0.6 is 0 Å². The molecule has 3 fully saturated rings. The van der Waals surface area contributed by atoms with Crippen molar-refractivity contribution in [3.8, 4) is 0 Å². The van der Waals surface area contributed by atoms with Crippen LogP contribution in [0.25, 0.3) is 0 Å². The van der Waals surface area contributed by atoms with Crippen molar-refractivity contribution in [2.45, 2.75) is 51.5 Å². The summed E-state index contributed by atoms with van der Waals surface area (Å²) < 4.78 is 0. The number of hydrogen-bond acceptors (Lipinski definition) is 3. The molecule has 0 spiro atoms. The molecule has 3 aliphatic rings. The van der Waals surface area contributed by atoms with Crippen LogP contribution in [-0.4, -0.2) is 74.0 Å². The van der Waals surface area contributed by atoms with Crippen LogP contribution < -0.4 is 10.6 Å². The minimum absolute atomic E-state index is 0.183. The van der Waals surface area contributed by atoms with Gasteiger partial charge >= 0.3 is 0 Å². The molecule has 0 atom stereocenters. The number of hydrogen-bond donors (Lipinski definition) is 2. The van der Waals surface area contributed by atoms with E-state index in [4.69, 9.17) is 0 Å². The van der Waals surface area contributed by atoms with Crippen LogP contribution in [0.3, 0.4) is 0 Å². The highest BCUT2D eigenvalue weighted by Crippen LogP contribution is 2.36. The van der Waals surface area contributed by atoms with E-state index in [1.165, 1.54) is 25.7 Å². The number of carbonyl (C=O) groups excluding carboxylic acids is 1. The Morgan fingerprint density at radius 1 is 1.17 bits per heavy atom. The second-order valence-electron chi connectivity index (χ2n) is 8.02. The molecule has 24 heavy (non-hydrogen) atoms. The van der Waals surface area contributed by atoms with E-state index in [-0.39, 0.29) is 5.91 Å². The Hall–Kier alpha value is -1.30. The molecule has 0 radical (unpaired) electrons. The van der Waals surface area contributed by atoms with Gasteiger partial charge in [-0.3, -0.25) is 14.7 Å². The van der Waals surface area contributed by atoms with Crippen LogP contribution in [0.2, 0.25) is 0 Å². The third kappa shape index (κ3) is 4.85. The first kappa shape index (κ1) is 17.5. The summed E-state index contributed by atoms with van der Waals surface area (Å²) in [7, 11) is 1.87. The van der Waals surface area contributed by atoms with Gasteiger partial charge in [0.15, 0.2) is 5.96 Å². The van der Waals surface area contributed by atoms with Crippen LogP contribution in [0, 0.1) is 5.41 Å². The number of aliphatic imine (C=N–C) groups is 1. The van der Waals surface area contributed by atoms with Gasteiger partial charge in [0.05, 0.1) is 6.54 Å². The van der Waals surface area contributed by atoms with Gasteiger partial charge < -0.3 is 15.5 Å². The number of nitrogens with zero attached hydrogens (tertiary/aromatic N) is 3. The highest BCUT2D eigenvalue weighted by Gasteiger charge is 2.30. The van der Waals surface area contributed by atoms with Crippen molar-refractivity contribution in [3.63, 3.8) is 0 Å². The fourth-order valence-corrected chi connectivity index (χ4v) is 3.85. The molecule has 2 N–H and O–H groups in total. The van der Waals surface area contributed by atoms with Crippen molar-refractivity contribution in [2.24, 2.45) is 10.4 Å². The maximum Gasteiger partial charge on any atom is 0.234 e. The summed E-state index contributed by atoms with van der Waals surface area (Å²) in [6.45, 7) is 7.67. The van der Waals surface area contributed by atoms with E-state index < -0.39 is 0 Å². The monoisotopic (exact) mass is 335 g/mol. The normalized spacial score (nSPS) is 24.9. The van der Waals surface area contributed by atoms with E-state index in [0.717, 1.165) is 51.5 Å². The molecule has 6 heteroatoms. The minimum atomic E-state index is 0.183. The summed E-state index contributed by atoms with van der Waals surface area (Å²) in [5, 5.41) is 6.66. The Bertz CT molecular complexity index is 460. The summed E-state index contributed by atoms with van der Waals surface area (Å²) in [5.74, 6) is 1.20. The molecule has 1 saturated heterocycles. The first-order valence-electron chi connectivity index (χ1n) is 9.55. The third-order valence-corrected chi connectivity index (χ3v) is 5.68. The van der Waals surface area contributed by atoms with Gasteiger partial charge in [0.1, 0.15) is 0 Å². The van der Waals surface area contributed by atoms with Crippen LogP contribution in [0.4, 0.5) is 0 Å². The van der Waals surface area contributed by atoms with Gasteiger partial charge in [0.25, 0.3) is 0 Å². The summed E-state index contributed by atoms with van der Waals surface area (Å²) in [6, 6.07) is 0.457. The topological polar surface area (TPSA) is 60.0 Å². The molecule has 1 aliphatic heterocycles. The number of carbonyl (C=O) groups is 1. The SMILES string of the molecule is CN=C(NCC1(C)CCCC1)N1CCN(CC(=O)NC2CC2)CC1. The van der Waals surface area contributed by atoms with Gasteiger partial charge in [-0.1, -0.05) is 19.8 Å². The van der Waals surface area contributed by atoms with Crippen molar-refractivity contribution < 1.29 is 4.79 Å². The third-order valence-electron chi connectivity index (χ3n) is 5.68. The minimum Gasteiger partial charge on any atom is -0.356 e. The van der Waals surface area contributed by atoms with E-state index in [0.29, 0.717) is 18.0 Å². The molecule has 6 nitrogen and oxygen atoms in total. The van der Waals surface area contributed by atoms with Gasteiger partial charge in [-0.05, 0) is 31.1 Å². The molecule has 3 rings (SSSR count). The molecule has 0 aromatic rings. The van der Waals surface area contributed by atoms with Crippen LogP contribution in [0.1, 0.15) is 45.4 Å². The van der Waals surface area contributed by atoms with Crippen molar-refractivity contribution in [3.05, 3.63) is 0 Å². The summed E-state index contributed by atoms with van der Waals surface area (Å²) in [6.07, 6.45) is 7.67. The molecule has 0 bridgehead atoms. The molecule has 2 saturated carbocycles. The summed E-state index contributed by atoms with van der Waals surface area (Å²) in [4.78, 5) is 21.0. The van der Waals surface area contributed by atoms with Crippen LogP contribution in [0.15, 0.2) is 4.99 Å². The molecule has 1 heterocycles. The first-order valence-corrected chi connectivity index (χ1v) is 9.55. The standard InChI is InChI=1S/C18H33N5O/c1-18(7-3-4-8-18)14-20-17(19-2)23-11-9-22(10-12-23)13-16(24)21-15-5-6-15/h15H,3-14H2,1-2H3,(H,19,20)(H,21,24). The number of piperazine rings is 1. The Morgan fingerprint density at radius 3 is 2.42 bits per heavy atom. The zero-order valence-corrected chi connectivity index (χ0v) is 15.3. The lowest BCUT2D eigenvalue weighted by atomic mass is 9.89. The van der Waals surface area contributed by atoms with E-state index in [1.54, 1.807) is 0 Å². The Labute approximate surface area is 146 Å². The Balaban J connectivity index is 1.39. The molecule has 0 aromatic heterocycles. The zero-order valence-electron chi connectivity index (χ0n) is 15.3. The lowest BCUT2D eigenvalue weighted by Gasteiger charge is -2.37. The molecular weight excluding hydrogens is 302 g/mol. The Morgan fingerprint density at radius 2 is 1.83 bits per heavy atom. The van der Waals surface area contributed by atoms with Gasteiger partial charge in [-0.25, -0.2) is 0 Å². The quantitative estimate of drug-likeness (QED) is 0.582. The summed E-state index contributed by atoms with van der Waals surface area (Å²) >= 11 is 0. The lowest BCUT2D eigenvalue weighted by molar-refractivity contribution is -0.122. The second-order valence-corrected chi connectivity index (χ2v) is 8.02. The van der Waals surface area contributed by atoms with Gasteiger partial charge in [-0.15, -0.1) is 0 Å². The smallest absolute Gasteiger partial charge is 0.234 e. The predicted molar refractivity (Wildman–Crippen MR) is 97.1 cm³/mol. The largest absolute Gasteiger partial charge is 0.356 e. The second kappa shape index (κ2) is 7.72. The average Bonchev–Trinajstić information content (AvgIpc) is 3.27. The molecular formula is C18H33N5O. The summed E-state index contributed by atoms with van der Waals surface area (Å²) in [5.41, 5.74) is 0.429. The fraction of sp³-hybridized carbons (Fsp3) is 0.889. The molecule has 0 unspecified atom stereocenters. The maximum atomic E-state index is 11.9. The predicted octanol–water partition coefficient (Wildman–Crippen LogP) is 1.04. The van der Waals surface area contributed by atoms with E-state index >= 15 is 0 Å². The molecule has 136 valence electrons. The molecule has 0 aromatic carbocycles. The zero-order chi connectivity index (χ0) is 17.0. The number of guanidine groups is 1. The van der Waals surface area contributed by atoms with E-state index in [9.17, 15) is 4.79 Å². The highest BCUT2D eigenvalue weighted by molar-refractivity contribution is 5.80. The van der Waals surface area contributed by atoms with Gasteiger partial charge in [0.2, 0.25) is 5.91 Å². The van der Waals surface area contributed by atoms with Crippen LogP contribution in [-0.2, 0) is 4.79 Å². The maximum absolute atomic E-state index is 11.9. The van der Waals surface area contributed by atoms with E-state index in [1.807, 2.05) is 7.05 Å². The van der Waals surface area contributed by atoms with Crippen molar-refractivity contribution in [1.82, 2.24) is 20.4 Å². The number of amides is 1. The first-order chi connectivity index (χ1) is 11.6. The van der Waals surface area contributed by atoms with Gasteiger partial charge in [-0.2, -0.15) is 0 Å². The van der Waals surface area contributed by atoms with Crippen LogP contribution in [0.5, 0.6) is 0 Å². The van der Waals surface area contributed by atoms with Gasteiger partial charge in [0, 0.05) is 45.8 Å². The lowest BCUT2D eigenvalue weighted by Crippen LogP contribution is -2.54. The fourth-order valence-electron chi connectivity index (χ4n) is 3.85. The van der Waals surface area contributed by atoms with Crippen molar-refractivity contribution >= 4 is 11.9 Å². The molecule has 2 aliphatic carbocycles. The number of nitrogens with one attached hydrogen (secondary N) is 2.